The van der Waals surface area contributed by atoms with Crippen LogP contribution in [0.4, 0.5) is 0 Å². The molecule has 0 saturated heterocycles. The lowest BCUT2D eigenvalue weighted by Gasteiger charge is -2.19. The van der Waals surface area contributed by atoms with Crippen LogP contribution in [0.15, 0.2) is 23.4 Å². The first kappa shape index (κ1) is 9.22. The molecule has 1 aliphatic carbocycles. The lowest BCUT2D eigenvalue weighted by Crippen LogP contribution is -2.17. The molecule has 0 amide bonds. The number of rotatable bonds is 3. The third-order valence-electron chi connectivity index (χ3n) is 2.83. The van der Waals surface area contributed by atoms with E-state index in [0.717, 1.165) is 4.66 Å². The Morgan fingerprint density at radius 1 is 1.18 bits per heavy atom. The van der Waals surface area contributed by atoms with E-state index in [4.69, 9.17) is 0 Å². The summed E-state index contributed by atoms with van der Waals surface area (Å²) in [6.45, 7) is 7.30. The van der Waals surface area contributed by atoms with Gasteiger partial charge in [0, 0.05) is 19.0 Å². The molecule has 0 aromatic heterocycles. The fourth-order valence-corrected chi connectivity index (χ4v) is 6.83. The Morgan fingerprint density at radius 3 is 2.09 bits per heavy atom. The fraction of sp³-hybridized carbons (Fsp3) is 0.500. The molecule has 1 aliphatic rings. The monoisotopic (exact) mass is 198 g/mol. The SMILES string of the molecule is C[SiH2]C1=CC([SiH2]C)([SiH2]C)C=C1. The largest absolute Gasteiger partial charge is 0.0827 e. The van der Waals surface area contributed by atoms with Crippen LogP contribution >= 0.6 is 0 Å². The van der Waals surface area contributed by atoms with Crippen molar-refractivity contribution >= 4 is 28.6 Å². The zero-order chi connectivity index (χ0) is 8.32. The van der Waals surface area contributed by atoms with Crippen LogP contribution in [0.3, 0.4) is 0 Å². The highest BCUT2D eigenvalue weighted by molar-refractivity contribution is 6.64. The Bertz CT molecular complexity index is 190. The molecule has 1 rings (SSSR count). The average Bonchev–Trinajstić information content (AvgIpc) is 2.49. The highest BCUT2D eigenvalue weighted by atomic mass is 28.3. The van der Waals surface area contributed by atoms with Gasteiger partial charge in [0.25, 0.3) is 0 Å². The summed E-state index contributed by atoms with van der Waals surface area (Å²) in [4.78, 5) is 0. The maximum atomic E-state index is 2.62. The molecule has 0 spiro atoms. The van der Waals surface area contributed by atoms with Crippen LogP contribution in [-0.2, 0) is 0 Å². The van der Waals surface area contributed by atoms with Crippen molar-refractivity contribution in [2.24, 2.45) is 0 Å². The third-order valence-corrected chi connectivity index (χ3v) is 10.6. The second kappa shape index (κ2) is 3.69. The predicted molar refractivity (Wildman–Crippen MR) is 63.1 cm³/mol. The van der Waals surface area contributed by atoms with Crippen molar-refractivity contribution in [2.75, 3.05) is 0 Å². The third kappa shape index (κ3) is 1.83. The summed E-state index contributed by atoms with van der Waals surface area (Å²) in [6, 6.07) is 0. The van der Waals surface area contributed by atoms with Crippen LogP contribution in [0, 0.1) is 0 Å². The first-order valence-electron chi connectivity index (χ1n) is 4.67. The molecule has 0 nitrogen and oxygen atoms in total. The van der Waals surface area contributed by atoms with E-state index in [1.165, 1.54) is 0 Å². The maximum Gasteiger partial charge on any atom is 0.0512 e. The molecule has 0 unspecified atom stereocenters. The maximum absolute atomic E-state index is 2.62. The van der Waals surface area contributed by atoms with Crippen molar-refractivity contribution in [3.8, 4) is 0 Å². The van der Waals surface area contributed by atoms with Crippen molar-refractivity contribution < 1.29 is 0 Å². The predicted octanol–water partition coefficient (Wildman–Crippen LogP) is 0.207. The van der Waals surface area contributed by atoms with Gasteiger partial charge in [-0.2, -0.15) is 0 Å². The molecule has 0 aromatic carbocycles. The fourth-order valence-electron chi connectivity index (χ4n) is 1.65. The first-order chi connectivity index (χ1) is 5.26. The van der Waals surface area contributed by atoms with Gasteiger partial charge in [-0.1, -0.05) is 43.1 Å². The van der Waals surface area contributed by atoms with E-state index in [2.05, 4.69) is 37.9 Å². The summed E-state index contributed by atoms with van der Waals surface area (Å²) in [5.74, 6) is 0. The average molecular weight is 198 g/mol. The Hall–Kier alpha value is 0.131. The van der Waals surface area contributed by atoms with Crippen LogP contribution in [0.2, 0.25) is 24.3 Å². The molecule has 0 N–H and O–H groups in total. The van der Waals surface area contributed by atoms with Gasteiger partial charge in [0.15, 0.2) is 0 Å². The van der Waals surface area contributed by atoms with Gasteiger partial charge >= 0.3 is 0 Å². The van der Waals surface area contributed by atoms with Crippen molar-refractivity contribution in [3.05, 3.63) is 23.4 Å². The number of allylic oxidation sites excluding steroid dienone is 4. The highest BCUT2D eigenvalue weighted by Gasteiger charge is 2.23. The normalized spacial score (nSPS) is 32.5. The Morgan fingerprint density at radius 2 is 1.82 bits per heavy atom. The summed E-state index contributed by atoms with van der Waals surface area (Å²) in [6.07, 6.45) is 7.56. The van der Waals surface area contributed by atoms with Crippen LogP contribution in [0.5, 0.6) is 0 Å². The van der Waals surface area contributed by atoms with Gasteiger partial charge in [0.05, 0.1) is 9.52 Å². The summed E-state index contributed by atoms with van der Waals surface area (Å²) >= 11 is 0. The standard InChI is InChI=1S/C8H18Si3/c1-9-7-4-5-8(6-7,10-2)11-3/h4-6H,9-11H2,1-3H3. The molecule has 0 bridgehead atoms. The van der Waals surface area contributed by atoms with Gasteiger partial charge in [0.1, 0.15) is 0 Å². The molecule has 3 heteroatoms. The van der Waals surface area contributed by atoms with Crippen molar-refractivity contribution in [2.45, 2.75) is 24.3 Å². The van der Waals surface area contributed by atoms with E-state index in [1.807, 2.05) is 0 Å². The molecule has 0 radical (unpaired) electrons. The van der Waals surface area contributed by atoms with Gasteiger partial charge < -0.3 is 0 Å². The zero-order valence-electron chi connectivity index (χ0n) is 7.85. The second-order valence-electron chi connectivity index (χ2n) is 3.35. The Kier molecular flexibility index (Phi) is 3.09. The minimum atomic E-state index is 0.122. The molecule has 0 aromatic rings. The topological polar surface area (TPSA) is 0 Å². The van der Waals surface area contributed by atoms with Gasteiger partial charge in [0.2, 0.25) is 0 Å². The molecule has 0 saturated carbocycles. The van der Waals surface area contributed by atoms with Crippen molar-refractivity contribution in [3.63, 3.8) is 0 Å². The smallest absolute Gasteiger partial charge is 0.0512 e. The van der Waals surface area contributed by atoms with Crippen molar-refractivity contribution in [1.29, 1.82) is 0 Å². The van der Waals surface area contributed by atoms with Crippen LogP contribution in [0.25, 0.3) is 0 Å². The van der Waals surface area contributed by atoms with E-state index in [0.29, 0.717) is 0 Å². The lowest BCUT2D eigenvalue weighted by atomic mass is 10.4. The minimum absolute atomic E-state index is 0.122. The summed E-state index contributed by atoms with van der Waals surface area (Å²) in [7, 11) is 0.448. The van der Waals surface area contributed by atoms with E-state index in [-0.39, 0.29) is 28.6 Å². The van der Waals surface area contributed by atoms with Gasteiger partial charge in [-0.25, -0.2) is 0 Å². The number of hydrogen-bond donors (Lipinski definition) is 0. The van der Waals surface area contributed by atoms with Gasteiger partial charge in [-0.05, 0) is 4.66 Å². The molecule has 0 heterocycles. The van der Waals surface area contributed by atoms with Gasteiger partial charge in [-0.15, -0.1) is 0 Å². The van der Waals surface area contributed by atoms with Crippen LogP contribution in [-0.4, -0.2) is 28.6 Å². The van der Waals surface area contributed by atoms with Gasteiger partial charge in [-0.3, -0.25) is 0 Å². The molecule has 0 atom stereocenters. The second-order valence-corrected chi connectivity index (χ2v) is 9.92. The van der Waals surface area contributed by atoms with E-state index in [9.17, 15) is 0 Å². The van der Waals surface area contributed by atoms with E-state index >= 15 is 0 Å². The summed E-state index contributed by atoms with van der Waals surface area (Å²) < 4.78 is 0.721. The first-order valence-corrected chi connectivity index (χ1v) is 11.0. The Balaban J connectivity index is 2.77. The molecule has 0 aliphatic heterocycles. The van der Waals surface area contributed by atoms with Crippen molar-refractivity contribution in [1.82, 2.24) is 0 Å². The zero-order valence-corrected chi connectivity index (χ0v) is 12.1. The van der Waals surface area contributed by atoms with Crippen LogP contribution in [0.1, 0.15) is 0 Å². The lowest BCUT2D eigenvalue weighted by molar-refractivity contribution is 1.23. The molecular weight excluding hydrogens is 180 g/mol. The Labute approximate surface area is 76.6 Å². The molecule has 62 valence electrons. The molecule has 11 heavy (non-hydrogen) atoms. The highest BCUT2D eigenvalue weighted by Crippen LogP contribution is 2.33. The summed E-state index contributed by atoms with van der Waals surface area (Å²) in [5, 5.41) is 1.72. The quantitative estimate of drug-likeness (QED) is 0.569. The summed E-state index contributed by atoms with van der Waals surface area (Å²) in [5.41, 5.74) is 0. The van der Waals surface area contributed by atoms with E-state index in [1.54, 1.807) is 5.20 Å². The molecular formula is C8H18Si3. The minimum Gasteiger partial charge on any atom is -0.0827 e. The van der Waals surface area contributed by atoms with Crippen LogP contribution < -0.4 is 0 Å². The van der Waals surface area contributed by atoms with E-state index < -0.39 is 0 Å². The molecule has 0 fully saturated rings. The number of hydrogen-bond acceptors (Lipinski definition) is 0.